The number of H-pyrrole nitrogens is 1. The van der Waals surface area contributed by atoms with Crippen LogP contribution in [-0.2, 0) is 0 Å². The second-order valence-electron chi connectivity index (χ2n) is 2.36. The van der Waals surface area contributed by atoms with Crippen LogP contribution in [0, 0.1) is 5.82 Å². The summed E-state index contributed by atoms with van der Waals surface area (Å²) < 4.78 is 12.6. The van der Waals surface area contributed by atoms with Gasteiger partial charge in [-0.3, -0.25) is 5.10 Å². The Balaban J connectivity index is 2.93. The molecule has 2 aromatic rings. The molecule has 0 radical (unpaired) electrons. The Morgan fingerprint density at radius 3 is 3.00 bits per heavy atom. The van der Waals surface area contributed by atoms with Gasteiger partial charge in [-0.2, -0.15) is 5.10 Å². The highest BCUT2D eigenvalue weighted by Gasteiger charge is 2.09. The van der Waals surface area contributed by atoms with Gasteiger partial charge in [0, 0.05) is 12.1 Å². The Hall–Kier alpha value is -1.29. The van der Waals surface area contributed by atoms with Crippen LogP contribution in [0.5, 0.6) is 5.75 Å². The van der Waals surface area contributed by atoms with Gasteiger partial charge in [-0.1, -0.05) is 11.6 Å². The number of nitrogens with zero attached hydrogens (tertiary/aromatic N) is 1. The fourth-order valence-corrected chi connectivity index (χ4v) is 1.29. The zero-order valence-corrected chi connectivity index (χ0v) is 6.56. The first-order valence-corrected chi connectivity index (χ1v) is 3.58. The fourth-order valence-electron chi connectivity index (χ4n) is 1.06. The zero-order valence-electron chi connectivity index (χ0n) is 5.81. The van der Waals surface area contributed by atoms with Crippen molar-refractivity contribution in [2.75, 3.05) is 0 Å². The largest absolute Gasteiger partial charge is 0.507 e. The number of nitrogens with one attached hydrogen (secondary N) is 1. The van der Waals surface area contributed by atoms with Crippen LogP contribution >= 0.6 is 11.6 Å². The Bertz CT molecular complexity index is 440. The molecule has 1 aromatic carbocycles. The highest BCUT2D eigenvalue weighted by Crippen LogP contribution is 2.29. The van der Waals surface area contributed by atoms with Crippen LogP contribution in [0.3, 0.4) is 0 Å². The highest BCUT2D eigenvalue weighted by molar-refractivity contribution is 6.34. The Kier molecular flexibility index (Phi) is 1.44. The minimum Gasteiger partial charge on any atom is -0.507 e. The van der Waals surface area contributed by atoms with Crippen LogP contribution in [-0.4, -0.2) is 15.3 Å². The van der Waals surface area contributed by atoms with Crippen molar-refractivity contribution in [2.45, 2.75) is 0 Å². The van der Waals surface area contributed by atoms with Gasteiger partial charge < -0.3 is 5.11 Å². The predicted octanol–water partition coefficient (Wildman–Crippen LogP) is 2.06. The van der Waals surface area contributed by atoms with Gasteiger partial charge in [-0.15, -0.1) is 0 Å². The van der Waals surface area contributed by atoms with E-state index < -0.39 is 5.82 Å². The third-order valence-corrected chi connectivity index (χ3v) is 1.83. The third kappa shape index (κ3) is 0.921. The van der Waals surface area contributed by atoms with E-state index in [2.05, 4.69) is 10.2 Å². The van der Waals surface area contributed by atoms with Crippen molar-refractivity contribution in [2.24, 2.45) is 0 Å². The molecule has 0 fully saturated rings. The lowest BCUT2D eigenvalue weighted by Crippen LogP contribution is -1.75. The molecular weight excluding hydrogens is 183 g/mol. The molecule has 0 atom stereocenters. The van der Waals surface area contributed by atoms with Crippen molar-refractivity contribution in [1.82, 2.24) is 10.2 Å². The van der Waals surface area contributed by atoms with Gasteiger partial charge in [0.1, 0.15) is 22.2 Å². The molecule has 0 saturated heterocycles. The molecule has 2 rings (SSSR count). The molecule has 62 valence electrons. The number of fused-ring (bicyclic) bond motifs is 1. The van der Waals surface area contributed by atoms with Crippen LogP contribution in [0.15, 0.2) is 12.1 Å². The van der Waals surface area contributed by atoms with Crippen molar-refractivity contribution in [3.8, 4) is 5.75 Å². The Labute approximate surface area is 71.8 Å². The second-order valence-corrected chi connectivity index (χ2v) is 2.73. The van der Waals surface area contributed by atoms with Crippen LogP contribution in [0.1, 0.15) is 0 Å². The molecule has 3 nitrogen and oxygen atoms in total. The van der Waals surface area contributed by atoms with E-state index in [4.69, 9.17) is 11.6 Å². The number of aromatic amines is 1. The van der Waals surface area contributed by atoms with E-state index >= 15 is 0 Å². The van der Waals surface area contributed by atoms with Gasteiger partial charge in [0.2, 0.25) is 0 Å². The SMILES string of the molecule is Oc1cc(F)cc2n[nH]c(Cl)c12. The summed E-state index contributed by atoms with van der Waals surface area (Å²) >= 11 is 5.63. The average molecular weight is 187 g/mol. The maximum Gasteiger partial charge on any atom is 0.135 e. The quantitative estimate of drug-likeness (QED) is 0.662. The van der Waals surface area contributed by atoms with Gasteiger partial charge in [0.15, 0.2) is 0 Å². The lowest BCUT2D eigenvalue weighted by atomic mass is 10.2. The van der Waals surface area contributed by atoms with Gasteiger partial charge in [0.05, 0.1) is 5.39 Å². The van der Waals surface area contributed by atoms with E-state index in [-0.39, 0.29) is 10.9 Å². The Morgan fingerprint density at radius 1 is 1.50 bits per heavy atom. The summed E-state index contributed by atoms with van der Waals surface area (Å²) in [6.07, 6.45) is 0. The summed E-state index contributed by atoms with van der Waals surface area (Å²) in [5.41, 5.74) is 0.317. The number of halogens is 2. The molecule has 0 aliphatic rings. The molecule has 0 amide bonds. The maximum atomic E-state index is 12.6. The molecule has 0 bridgehead atoms. The molecule has 0 unspecified atom stereocenters. The zero-order chi connectivity index (χ0) is 8.72. The van der Waals surface area contributed by atoms with Crippen LogP contribution in [0.2, 0.25) is 5.15 Å². The van der Waals surface area contributed by atoms with Crippen molar-refractivity contribution in [1.29, 1.82) is 0 Å². The lowest BCUT2D eigenvalue weighted by molar-refractivity contribution is 0.476. The Morgan fingerprint density at radius 2 is 2.25 bits per heavy atom. The predicted molar refractivity (Wildman–Crippen MR) is 42.7 cm³/mol. The summed E-state index contributed by atoms with van der Waals surface area (Å²) in [6.45, 7) is 0. The van der Waals surface area contributed by atoms with Crippen LogP contribution in [0.4, 0.5) is 4.39 Å². The van der Waals surface area contributed by atoms with E-state index in [0.29, 0.717) is 10.9 Å². The number of aromatic hydroxyl groups is 1. The van der Waals surface area contributed by atoms with Gasteiger partial charge >= 0.3 is 0 Å². The molecule has 1 aromatic heterocycles. The molecular formula is C7H4ClFN2O. The van der Waals surface area contributed by atoms with Crippen LogP contribution in [0.25, 0.3) is 10.9 Å². The molecule has 0 saturated carbocycles. The summed E-state index contributed by atoms with van der Waals surface area (Å²) in [7, 11) is 0. The van der Waals surface area contributed by atoms with E-state index in [1.54, 1.807) is 0 Å². The van der Waals surface area contributed by atoms with Gasteiger partial charge in [-0.25, -0.2) is 4.39 Å². The second kappa shape index (κ2) is 2.35. The molecule has 0 aliphatic heterocycles. The highest BCUT2D eigenvalue weighted by atomic mass is 35.5. The number of hydrogen-bond acceptors (Lipinski definition) is 2. The summed E-state index contributed by atoms with van der Waals surface area (Å²) in [5.74, 6) is -0.744. The summed E-state index contributed by atoms with van der Waals surface area (Å²) in [4.78, 5) is 0. The van der Waals surface area contributed by atoms with E-state index in [0.717, 1.165) is 6.07 Å². The normalized spacial score (nSPS) is 10.8. The molecule has 12 heavy (non-hydrogen) atoms. The van der Waals surface area contributed by atoms with E-state index in [1.165, 1.54) is 6.07 Å². The van der Waals surface area contributed by atoms with Crippen molar-refractivity contribution >= 4 is 22.5 Å². The molecule has 0 aliphatic carbocycles. The minimum atomic E-state index is -0.539. The third-order valence-electron chi connectivity index (χ3n) is 1.56. The average Bonchev–Trinajstić information content (AvgIpc) is 2.31. The van der Waals surface area contributed by atoms with E-state index in [9.17, 15) is 9.50 Å². The number of phenols is 1. The molecule has 2 N–H and O–H groups in total. The molecule has 0 spiro atoms. The van der Waals surface area contributed by atoms with Crippen molar-refractivity contribution in [3.05, 3.63) is 23.1 Å². The minimum absolute atomic E-state index is 0.205. The van der Waals surface area contributed by atoms with Crippen molar-refractivity contribution in [3.63, 3.8) is 0 Å². The standard InChI is InChI=1S/C7H4ClFN2O/c8-7-6-4(10-11-7)1-3(9)2-5(6)12/h1-2,12H,(H,10,11). The molecule has 5 heteroatoms. The number of benzene rings is 1. The smallest absolute Gasteiger partial charge is 0.135 e. The number of rotatable bonds is 0. The molecule has 1 heterocycles. The van der Waals surface area contributed by atoms with Gasteiger partial charge in [-0.05, 0) is 0 Å². The first-order chi connectivity index (χ1) is 5.68. The topological polar surface area (TPSA) is 48.9 Å². The fraction of sp³-hybridized carbons (Fsp3) is 0. The summed E-state index contributed by atoms with van der Waals surface area (Å²) in [6, 6.07) is 2.18. The lowest BCUT2D eigenvalue weighted by Gasteiger charge is -1.93. The maximum absolute atomic E-state index is 12.6. The monoisotopic (exact) mass is 186 g/mol. The first kappa shape index (κ1) is 7.36. The first-order valence-electron chi connectivity index (χ1n) is 3.20. The number of aromatic nitrogens is 2. The number of hydrogen-bond donors (Lipinski definition) is 2. The van der Waals surface area contributed by atoms with Gasteiger partial charge in [0.25, 0.3) is 0 Å². The van der Waals surface area contributed by atoms with Crippen LogP contribution < -0.4 is 0 Å². The summed E-state index contributed by atoms with van der Waals surface area (Å²) in [5, 5.41) is 15.9. The van der Waals surface area contributed by atoms with Crippen molar-refractivity contribution < 1.29 is 9.50 Å². The van der Waals surface area contributed by atoms with E-state index in [1.807, 2.05) is 0 Å². The number of phenolic OH excluding ortho intramolecular Hbond substituents is 1.